The largest absolute Gasteiger partial charge is 0.547 e. The Labute approximate surface area is 73.5 Å². The normalized spacial score (nSPS) is 20.4. The molecule has 78 valence electrons. The van der Waals surface area contributed by atoms with Gasteiger partial charge in [0.15, 0.2) is 0 Å². The van der Waals surface area contributed by atoms with Crippen molar-refractivity contribution in [3.8, 4) is 0 Å². The monoisotopic (exact) mass is 195 g/mol. The molecule has 0 saturated heterocycles. The Morgan fingerprint density at radius 1 is 1.15 bits per heavy atom. The lowest BCUT2D eigenvalue weighted by molar-refractivity contribution is -0.320. The Morgan fingerprint density at radius 2 is 1.62 bits per heavy atom. The summed E-state index contributed by atoms with van der Waals surface area (Å²) >= 11 is 0. The molecular formula is C6H11O7-. The molecule has 0 heterocycles. The van der Waals surface area contributed by atoms with Gasteiger partial charge >= 0.3 is 0 Å². The van der Waals surface area contributed by atoms with E-state index in [4.69, 9.17) is 25.5 Å². The Hall–Kier alpha value is -0.730. The first-order valence-electron chi connectivity index (χ1n) is 3.45. The molecule has 0 unspecified atom stereocenters. The maximum Gasteiger partial charge on any atom is 0.122 e. The second-order valence-corrected chi connectivity index (χ2v) is 2.49. The predicted octanol–water partition coefficient (Wildman–Crippen LogP) is -4.83. The van der Waals surface area contributed by atoms with E-state index in [1.807, 2.05) is 0 Å². The minimum Gasteiger partial charge on any atom is -0.547 e. The van der Waals surface area contributed by atoms with E-state index in [0.29, 0.717) is 0 Å². The fourth-order valence-corrected chi connectivity index (χ4v) is 0.662. The van der Waals surface area contributed by atoms with Crippen molar-refractivity contribution in [1.29, 1.82) is 0 Å². The zero-order valence-electron chi connectivity index (χ0n) is 6.57. The molecule has 0 spiro atoms. The summed E-state index contributed by atoms with van der Waals surface area (Å²) in [4.78, 5) is 9.98. The van der Waals surface area contributed by atoms with Crippen LogP contribution >= 0.6 is 0 Å². The standard InChI is InChI=1S/C6H12O7/c7-1-2(8)3(9)4(10)5(11)6(12)13/h2-5,7-11H,1H2,(H,12,13)/p-1/t2-,3+,4-,5-/m1/s1. The molecule has 5 N–H and O–H groups in total. The lowest BCUT2D eigenvalue weighted by Gasteiger charge is -2.25. The van der Waals surface area contributed by atoms with Crippen LogP contribution in [-0.4, -0.2) is 62.5 Å². The van der Waals surface area contributed by atoms with E-state index < -0.39 is 37.0 Å². The molecule has 0 aliphatic heterocycles. The second kappa shape index (κ2) is 5.10. The van der Waals surface area contributed by atoms with Gasteiger partial charge in [0.25, 0.3) is 0 Å². The van der Waals surface area contributed by atoms with Crippen LogP contribution in [-0.2, 0) is 4.79 Å². The molecule has 0 aromatic rings. The van der Waals surface area contributed by atoms with Crippen molar-refractivity contribution in [1.82, 2.24) is 0 Å². The number of rotatable bonds is 5. The predicted molar refractivity (Wildman–Crippen MR) is 36.1 cm³/mol. The molecule has 0 radical (unpaired) electrons. The van der Waals surface area contributed by atoms with E-state index in [-0.39, 0.29) is 0 Å². The summed E-state index contributed by atoms with van der Waals surface area (Å²) in [6.45, 7) is -0.863. The number of carbonyl (C=O) groups is 1. The van der Waals surface area contributed by atoms with Crippen LogP contribution < -0.4 is 5.11 Å². The van der Waals surface area contributed by atoms with E-state index in [1.54, 1.807) is 0 Å². The zero-order valence-corrected chi connectivity index (χ0v) is 6.57. The van der Waals surface area contributed by atoms with Crippen LogP contribution in [0.5, 0.6) is 0 Å². The molecule has 0 aromatic heterocycles. The van der Waals surface area contributed by atoms with Gasteiger partial charge in [-0.3, -0.25) is 0 Å². The third kappa shape index (κ3) is 3.25. The van der Waals surface area contributed by atoms with Gasteiger partial charge in [-0.05, 0) is 0 Å². The third-order valence-corrected chi connectivity index (χ3v) is 1.50. The molecule has 7 heteroatoms. The molecule has 0 aliphatic rings. The highest BCUT2D eigenvalue weighted by molar-refractivity contribution is 5.70. The maximum atomic E-state index is 9.98. The Bertz CT molecular complexity index is 170. The molecule has 0 bridgehead atoms. The van der Waals surface area contributed by atoms with Gasteiger partial charge in [-0.25, -0.2) is 0 Å². The van der Waals surface area contributed by atoms with Crippen molar-refractivity contribution in [2.75, 3.05) is 6.61 Å². The van der Waals surface area contributed by atoms with Crippen molar-refractivity contribution in [2.24, 2.45) is 0 Å². The SMILES string of the molecule is O=C([O-])[C@H](O)[C@H](O)[C@@H](O)[C@H](O)CO. The Morgan fingerprint density at radius 3 is 1.92 bits per heavy atom. The van der Waals surface area contributed by atoms with Gasteiger partial charge in [0, 0.05) is 0 Å². The van der Waals surface area contributed by atoms with Gasteiger partial charge < -0.3 is 35.4 Å². The summed E-state index contributed by atoms with van der Waals surface area (Å²) in [6, 6.07) is 0. The van der Waals surface area contributed by atoms with Crippen LogP contribution in [0.2, 0.25) is 0 Å². The van der Waals surface area contributed by atoms with Gasteiger partial charge in [-0.15, -0.1) is 0 Å². The van der Waals surface area contributed by atoms with Crippen molar-refractivity contribution < 1.29 is 35.4 Å². The molecule has 0 rings (SSSR count). The summed E-state index contributed by atoms with van der Waals surface area (Å²) in [7, 11) is 0. The molecule has 0 saturated carbocycles. The third-order valence-electron chi connectivity index (χ3n) is 1.50. The molecule has 7 nitrogen and oxygen atoms in total. The highest BCUT2D eigenvalue weighted by atomic mass is 16.4. The topological polar surface area (TPSA) is 141 Å². The zero-order chi connectivity index (χ0) is 10.6. The first-order valence-corrected chi connectivity index (χ1v) is 3.45. The summed E-state index contributed by atoms with van der Waals surface area (Å²) in [5, 5.41) is 53.4. The first kappa shape index (κ1) is 12.3. The number of carboxylic acids is 1. The molecule has 4 atom stereocenters. The maximum absolute atomic E-state index is 9.98. The molecular weight excluding hydrogens is 184 g/mol. The summed E-state index contributed by atoms with van der Waals surface area (Å²) in [5.41, 5.74) is 0. The summed E-state index contributed by atoms with van der Waals surface area (Å²) < 4.78 is 0. The quantitative estimate of drug-likeness (QED) is 0.296. The highest BCUT2D eigenvalue weighted by Crippen LogP contribution is 2.04. The average Bonchev–Trinajstić information content (AvgIpc) is 2.12. The Kier molecular flexibility index (Phi) is 4.81. The van der Waals surface area contributed by atoms with E-state index >= 15 is 0 Å². The van der Waals surface area contributed by atoms with E-state index in [1.165, 1.54) is 0 Å². The summed E-state index contributed by atoms with van der Waals surface area (Å²) in [5.74, 6) is -1.98. The van der Waals surface area contributed by atoms with Crippen molar-refractivity contribution >= 4 is 5.97 Å². The molecule has 0 amide bonds. The second-order valence-electron chi connectivity index (χ2n) is 2.49. The van der Waals surface area contributed by atoms with Gasteiger partial charge in [-0.2, -0.15) is 0 Å². The smallest absolute Gasteiger partial charge is 0.122 e. The molecule has 0 fully saturated rings. The van der Waals surface area contributed by atoms with Crippen molar-refractivity contribution in [2.45, 2.75) is 24.4 Å². The lowest BCUT2D eigenvalue weighted by Crippen LogP contribution is -2.52. The van der Waals surface area contributed by atoms with E-state index in [9.17, 15) is 9.90 Å². The Balaban J connectivity index is 4.24. The van der Waals surface area contributed by atoms with Crippen molar-refractivity contribution in [3.05, 3.63) is 0 Å². The van der Waals surface area contributed by atoms with Gasteiger partial charge in [0.2, 0.25) is 0 Å². The highest BCUT2D eigenvalue weighted by Gasteiger charge is 2.30. The molecule has 0 aromatic carbocycles. The van der Waals surface area contributed by atoms with Crippen LogP contribution in [0.4, 0.5) is 0 Å². The number of carbonyl (C=O) groups excluding carboxylic acids is 1. The van der Waals surface area contributed by atoms with Crippen LogP contribution in [0.15, 0.2) is 0 Å². The summed E-state index contributed by atoms with van der Waals surface area (Å²) in [6.07, 6.45) is -8.08. The molecule has 13 heavy (non-hydrogen) atoms. The number of aliphatic hydroxyl groups excluding tert-OH is 5. The van der Waals surface area contributed by atoms with Gasteiger partial charge in [0.1, 0.15) is 24.4 Å². The average molecular weight is 195 g/mol. The van der Waals surface area contributed by atoms with Crippen LogP contribution in [0, 0.1) is 0 Å². The fourth-order valence-electron chi connectivity index (χ4n) is 0.662. The van der Waals surface area contributed by atoms with E-state index in [0.717, 1.165) is 0 Å². The number of aliphatic hydroxyl groups is 5. The number of carboxylic acid groups (broad SMARTS) is 1. The van der Waals surface area contributed by atoms with Crippen LogP contribution in [0.25, 0.3) is 0 Å². The van der Waals surface area contributed by atoms with Crippen LogP contribution in [0.1, 0.15) is 0 Å². The minimum atomic E-state index is -2.31. The lowest BCUT2D eigenvalue weighted by atomic mass is 10.0. The first-order chi connectivity index (χ1) is 5.91. The van der Waals surface area contributed by atoms with Gasteiger partial charge in [-0.1, -0.05) is 0 Å². The number of hydrogen-bond donors (Lipinski definition) is 5. The van der Waals surface area contributed by atoms with Crippen molar-refractivity contribution in [3.63, 3.8) is 0 Å². The van der Waals surface area contributed by atoms with Crippen LogP contribution in [0.3, 0.4) is 0 Å². The van der Waals surface area contributed by atoms with E-state index in [2.05, 4.69) is 0 Å². The number of aliphatic carboxylic acids is 1. The minimum absolute atomic E-state index is 0.863. The fraction of sp³-hybridized carbons (Fsp3) is 0.833. The van der Waals surface area contributed by atoms with Gasteiger partial charge in [0.05, 0.1) is 12.6 Å². The molecule has 0 aliphatic carbocycles. The number of hydrogen-bond acceptors (Lipinski definition) is 7.